The molecule has 5 nitrogen and oxygen atoms in total. The van der Waals surface area contributed by atoms with Crippen molar-refractivity contribution in [1.82, 2.24) is 9.78 Å². The summed E-state index contributed by atoms with van der Waals surface area (Å²) >= 11 is 0. The number of rotatable bonds is 5. The van der Waals surface area contributed by atoms with Crippen molar-refractivity contribution < 1.29 is 9.13 Å². The van der Waals surface area contributed by atoms with E-state index in [9.17, 15) is 4.39 Å². The predicted octanol–water partition coefficient (Wildman–Crippen LogP) is 2.61. The van der Waals surface area contributed by atoms with E-state index in [1.807, 2.05) is 20.0 Å². The minimum atomic E-state index is -0.426. The van der Waals surface area contributed by atoms with E-state index in [0.717, 1.165) is 17.7 Å². The van der Waals surface area contributed by atoms with Gasteiger partial charge >= 0.3 is 0 Å². The summed E-state index contributed by atoms with van der Waals surface area (Å²) in [4.78, 5) is 0. The second-order valence-electron chi connectivity index (χ2n) is 4.57. The molecule has 0 radical (unpaired) electrons. The van der Waals surface area contributed by atoms with Crippen LogP contribution in [0, 0.1) is 17.1 Å². The SMILES string of the molecule is CCc1nn(C)c(OC)c1CNc1ccc(F)cc1C#N. The number of methoxy groups -OCH3 is 1. The van der Waals surface area contributed by atoms with E-state index in [1.54, 1.807) is 17.9 Å². The maximum Gasteiger partial charge on any atom is 0.216 e. The zero-order chi connectivity index (χ0) is 15.4. The Labute approximate surface area is 123 Å². The smallest absolute Gasteiger partial charge is 0.216 e. The molecule has 0 spiro atoms. The Morgan fingerprint density at radius 2 is 2.24 bits per heavy atom. The first-order valence-electron chi connectivity index (χ1n) is 6.63. The molecule has 0 aliphatic rings. The molecule has 0 fully saturated rings. The Morgan fingerprint density at radius 1 is 1.48 bits per heavy atom. The first kappa shape index (κ1) is 14.9. The van der Waals surface area contributed by atoms with Crippen molar-refractivity contribution in [3.05, 3.63) is 40.8 Å². The van der Waals surface area contributed by atoms with Crippen molar-refractivity contribution in [2.75, 3.05) is 12.4 Å². The molecule has 1 heterocycles. The third-order valence-corrected chi connectivity index (χ3v) is 3.26. The quantitative estimate of drug-likeness (QED) is 0.918. The number of hydrogen-bond donors (Lipinski definition) is 1. The van der Waals surface area contributed by atoms with Crippen LogP contribution in [0.1, 0.15) is 23.7 Å². The van der Waals surface area contributed by atoms with Crippen LogP contribution in [0.15, 0.2) is 18.2 Å². The van der Waals surface area contributed by atoms with E-state index in [1.165, 1.54) is 12.1 Å². The number of aromatic nitrogens is 2. The van der Waals surface area contributed by atoms with Gasteiger partial charge in [0, 0.05) is 13.6 Å². The number of hydrogen-bond acceptors (Lipinski definition) is 4. The average molecular weight is 288 g/mol. The lowest BCUT2D eigenvalue weighted by atomic mass is 10.1. The van der Waals surface area contributed by atoms with Gasteiger partial charge in [-0.05, 0) is 24.6 Å². The van der Waals surface area contributed by atoms with Crippen molar-refractivity contribution in [3.63, 3.8) is 0 Å². The van der Waals surface area contributed by atoms with Gasteiger partial charge in [-0.1, -0.05) is 6.92 Å². The molecular formula is C15H17FN4O. The minimum Gasteiger partial charge on any atom is -0.481 e. The van der Waals surface area contributed by atoms with Crippen LogP contribution >= 0.6 is 0 Å². The van der Waals surface area contributed by atoms with Crippen LogP contribution in [0.3, 0.4) is 0 Å². The van der Waals surface area contributed by atoms with Gasteiger partial charge in [0.15, 0.2) is 0 Å². The van der Waals surface area contributed by atoms with E-state index in [-0.39, 0.29) is 5.56 Å². The molecule has 2 rings (SSSR count). The van der Waals surface area contributed by atoms with Gasteiger partial charge in [-0.2, -0.15) is 10.4 Å². The lowest BCUT2D eigenvalue weighted by molar-refractivity contribution is 0.370. The van der Waals surface area contributed by atoms with E-state index < -0.39 is 5.82 Å². The number of nitrogens with one attached hydrogen (secondary N) is 1. The molecule has 1 N–H and O–H groups in total. The Bertz CT molecular complexity index is 688. The largest absolute Gasteiger partial charge is 0.481 e. The second-order valence-corrected chi connectivity index (χ2v) is 4.57. The normalized spacial score (nSPS) is 10.2. The molecule has 0 unspecified atom stereocenters. The van der Waals surface area contributed by atoms with Gasteiger partial charge in [-0.25, -0.2) is 9.07 Å². The Balaban J connectivity index is 2.27. The van der Waals surface area contributed by atoms with Crippen molar-refractivity contribution in [3.8, 4) is 11.9 Å². The maximum absolute atomic E-state index is 13.1. The van der Waals surface area contributed by atoms with Crippen LogP contribution in [-0.2, 0) is 20.0 Å². The van der Waals surface area contributed by atoms with Gasteiger partial charge in [0.1, 0.15) is 11.9 Å². The van der Waals surface area contributed by atoms with Gasteiger partial charge in [0.05, 0.1) is 29.6 Å². The number of benzene rings is 1. The van der Waals surface area contributed by atoms with Gasteiger partial charge in [0.2, 0.25) is 5.88 Å². The molecule has 1 aromatic carbocycles. The lowest BCUT2D eigenvalue weighted by Crippen LogP contribution is -2.05. The highest BCUT2D eigenvalue weighted by Gasteiger charge is 2.15. The highest BCUT2D eigenvalue weighted by Crippen LogP contribution is 2.24. The van der Waals surface area contributed by atoms with Crippen molar-refractivity contribution in [2.24, 2.45) is 7.05 Å². The van der Waals surface area contributed by atoms with E-state index in [2.05, 4.69) is 10.4 Å². The molecule has 0 aliphatic carbocycles. The molecule has 1 aromatic heterocycles. The van der Waals surface area contributed by atoms with E-state index >= 15 is 0 Å². The fourth-order valence-corrected chi connectivity index (χ4v) is 2.27. The number of nitriles is 1. The van der Waals surface area contributed by atoms with Crippen LogP contribution in [0.5, 0.6) is 5.88 Å². The van der Waals surface area contributed by atoms with E-state index in [0.29, 0.717) is 18.1 Å². The highest BCUT2D eigenvalue weighted by atomic mass is 19.1. The van der Waals surface area contributed by atoms with Crippen molar-refractivity contribution >= 4 is 5.69 Å². The molecule has 0 saturated carbocycles. The summed E-state index contributed by atoms with van der Waals surface area (Å²) in [6.07, 6.45) is 0.780. The zero-order valence-electron chi connectivity index (χ0n) is 12.3. The summed E-state index contributed by atoms with van der Waals surface area (Å²) in [5.41, 5.74) is 2.74. The third-order valence-electron chi connectivity index (χ3n) is 3.26. The Kier molecular flexibility index (Phi) is 4.43. The molecule has 6 heteroatoms. The number of anilines is 1. The number of halogens is 1. The van der Waals surface area contributed by atoms with Crippen molar-refractivity contribution in [2.45, 2.75) is 19.9 Å². The number of nitrogens with zero attached hydrogens (tertiary/aromatic N) is 3. The third kappa shape index (κ3) is 2.97. The van der Waals surface area contributed by atoms with Crippen LogP contribution in [0.25, 0.3) is 0 Å². The van der Waals surface area contributed by atoms with Gasteiger partial charge in [-0.15, -0.1) is 0 Å². The molecule has 21 heavy (non-hydrogen) atoms. The molecule has 0 saturated heterocycles. The summed E-state index contributed by atoms with van der Waals surface area (Å²) in [6.45, 7) is 2.48. The molecule has 110 valence electrons. The van der Waals surface area contributed by atoms with Crippen molar-refractivity contribution in [1.29, 1.82) is 5.26 Å². The zero-order valence-corrected chi connectivity index (χ0v) is 12.3. The molecule has 0 aliphatic heterocycles. The number of ether oxygens (including phenoxy) is 1. The maximum atomic E-state index is 13.1. The summed E-state index contributed by atoms with van der Waals surface area (Å²) in [5, 5.41) is 16.6. The Hall–Kier alpha value is -2.55. The van der Waals surface area contributed by atoms with Gasteiger partial charge < -0.3 is 10.1 Å². The fourth-order valence-electron chi connectivity index (χ4n) is 2.27. The highest BCUT2D eigenvalue weighted by molar-refractivity contribution is 5.58. The first-order valence-corrected chi connectivity index (χ1v) is 6.63. The number of aryl methyl sites for hydroxylation is 2. The average Bonchev–Trinajstić information content (AvgIpc) is 2.80. The molecule has 0 amide bonds. The molecule has 0 atom stereocenters. The monoisotopic (exact) mass is 288 g/mol. The van der Waals surface area contributed by atoms with Crippen LogP contribution in [0.4, 0.5) is 10.1 Å². The lowest BCUT2D eigenvalue weighted by Gasteiger charge is -2.10. The first-order chi connectivity index (χ1) is 10.1. The minimum absolute atomic E-state index is 0.274. The summed E-state index contributed by atoms with van der Waals surface area (Å²) in [5.74, 6) is 0.255. The van der Waals surface area contributed by atoms with Crippen LogP contribution in [-0.4, -0.2) is 16.9 Å². The van der Waals surface area contributed by atoms with Gasteiger partial charge in [0.25, 0.3) is 0 Å². The predicted molar refractivity (Wildman–Crippen MR) is 77.6 cm³/mol. The fraction of sp³-hybridized carbons (Fsp3) is 0.333. The van der Waals surface area contributed by atoms with Gasteiger partial charge in [-0.3, -0.25) is 0 Å². The summed E-state index contributed by atoms with van der Waals surface area (Å²) < 4.78 is 20.2. The molecule has 2 aromatic rings. The van der Waals surface area contributed by atoms with Crippen LogP contribution in [0.2, 0.25) is 0 Å². The summed E-state index contributed by atoms with van der Waals surface area (Å²) in [6, 6.07) is 6.07. The summed E-state index contributed by atoms with van der Waals surface area (Å²) in [7, 11) is 3.42. The Morgan fingerprint density at radius 3 is 2.86 bits per heavy atom. The van der Waals surface area contributed by atoms with Crippen LogP contribution < -0.4 is 10.1 Å². The second kappa shape index (κ2) is 6.27. The molecule has 0 bridgehead atoms. The molecular weight excluding hydrogens is 271 g/mol. The topological polar surface area (TPSA) is 62.9 Å². The van der Waals surface area contributed by atoms with E-state index in [4.69, 9.17) is 10.00 Å². The standard InChI is InChI=1S/C15H17FN4O/c1-4-13-12(15(21-3)20(2)19-13)9-18-14-6-5-11(16)7-10(14)8-17/h5-7,18H,4,9H2,1-3H3.